The third-order valence-electron chi connectivity index (χ3n) is 6.86. The van der Waals surface area contributed by atoms with Gasteiger partial charge in [-0.05, 0) is 63.8 Å². The van der Waals surface area contributed by atoms with E-state index < -0.39 is 13.5 Å². The molecular weight excluding hydrogens is 588 g/mol. The van der Waals surface area contributed by atoms with Crippen molar-refractivity contribution in [2.75, 3.05) is 29.5 Å². The van der Waals surface area contributed by atoms with Gasteiger partial charge in [0.15, 0.2) is 0 Å². The number of fused-ring (bicyclic) bond motifs is 1. The van der Waals surface area contributed by atoms with Crippen molar-refractivity contribution in [2.24, 2.45) is 0 Å². The fourth-order valence-corrected chi connectivity index (χ4v) is 7.45. The molecule has 0 radical (unpaired) electrons. The van der Waals surface area contributed by atoms with Crippen LogP contribution in [-0.2, 0) is 19.9 Å². The Kier molecular flexibility index (Phi) is 9.38. The van der Waals surface area contributed by atoms with Crippen LogP contribution < -0.4 is 14.5 Å². The number of hydrogen-bond donors (Lipinski definition) is 0. The molecule has 0 aliphatic carbocycles. The molecule has 1 saturated heterocycles. The second kappa shape index (κ2) is 12.3. The molecule has 1 fully saturated rings. The van der Waals surface area contributed by atoms with Crippen molar-refractivity contribution in [3.63, 3.8) is 0 Å². The molecule has 0 spiro atoms. The number of para-hydroxylation sites is 1. The summed E-state index contributed by atoms with van der Waals surface area (Å²) >= 11 is -1.75. The third kappa shape index (κ3) is 6.77. The number of halogens is 2. The van der Waals surface area contributed by atoms with E-state index in [4.69, 9.17) is 24.1 Å². The molecule has 3 aromatic carbocycles. The number of hydrogen-bond acceptors (Lipinski definition) is 3. The van der Waals surface area contributed by atoms with Crippen LogP contribution in [-0.4, -0.2) is 24.3 Å². The van der Waals surface area contributed by atoms with Crippen molar-refractivity contribution in [3.8, 4) is 5.75 Å². The summed E-state index contributed by atoms with van der Waals surface area (Å²) in [5.74, 6) is 0.985. The summed E-state index contributed by atoms with van der Waals surface area (Å²) in [6, 6.07) is 15.3. The predicted molar refractivity (Wildman–Crippen MR) is 157 cm³/mol. The second-order valence-electron chi connectivity index (χ2n) is 10.1. The van der Waals surface area contributed by atoms with E-state index in [2.05, 4.69) is 88.3 Å². The van der Waals surface area contributed by atoms with Crippen LogP contribution in [0.1, 0.15) is 50.9 Å². The van der Waals surface area contributed by atoms with Crippen molar-refractivity contribution in [1.82, 2.24) is 0 Å². The number of rotatable bonds is 3. The fourth-order valence-electron chi connectivity index (χ4n) is 5.67. The summed E-state index contributed by atoms with van der Waals surface area (Å²) in [6.45, 7) is 18.4. The minimum absolute atomic E-state index is 0.801. The molecule has 5 rings (SSSR count). The summed E-state index contributed by atoms with van der Waals surface area (Å²) in [5.41, 5.74) is 13.2. The summed E-state index contributed by atoms with van der Waals surface area (Å²) in [6.07, 6.45) is 2.19. The number of nitrogens with zero attached hydrogens (tertiary/aromatic N) is 2. The Morgan fingerprint density at radius 2 is 1.32 bits per heavy atom. The molecule has 0 amide bonds. The van der Waals surface area contributed by atoms with Gasteiger partial charge >= 0.3 is 96.8 Å². The van der Waals surface area contributed by atoms with Crippen LogP contribution >= 0.6 is 19.4 Å². The first-order chi connectivity index (χ1) is 17.6. The average Bonchev–Trinajstić information content (AvgIpc) is 3.27. The normalized spacial score (nSPS) is 15.0. The molecule has 0 saturated carbocycles. The molecule has 3 aromatic rings. The Hall–Kier alpha value is -1.87. The zero-order valence-corrected chi connectivity index (χ0v) is 25.9. The van der Waals surface area contributed by atoms with E-state index in [1.807, 2.05) is 16.7 Å². The molecule has 0 unspecified atom stereocenters. The minimum atomic E-state index is -1.75. The van der Waals surface area contributed by atoms with E-state index in [1.165, 1.54) is 50.3 Å². The predicted octanol–water partition coefficient (Wildman–Crippen LogP) is 8.07. The van der Waals surface area contributed by atoms with Crippen LogP contribution in [0.25, 0.3) is 0 Å². The molecule has 3 nitrogen and oxygen atoms in total. The van der Waals surface area contributed by atoms with E-state index in [0.717, 1.165) is 43.9 Å². The summed E-state index contributed by atoms with van der Waals surface area (Å²) in [4.78, 5) is 4.81. The van der Waals surface area contributed by atoms with Crippen molar-refractivity contribution in [1.29, 1.82) is 0 Å². The SMILES string of the molecule is Cc1cc(C)c(N2[CH-]N(c3c(C)cc(C)cc3C)CC2)c(C)c1.[Cl][Ru]([Cl])=[CH]c1cccc2c1OCCC2. The van der Waals surface area contributed by atoms with Crippen LogP contribution in [0.2, 0.25) is 0 Å². The number of aryl methyl sites for hydroxylation is 7. The summed E-state index contributed by atoms with van der Waals surface area (Å²) in [7, 11) is 11.7. The monoisotopic (exact) mass is 625 g/mol. The topological polar surface area (TPSA) is 15.7 Å². The Balaban J connectivity index is 0.000000195. The third-order valence-corrected chi connectivity index (χ3v) is 8.69. The zero-order valence-electron chi connectivity index (χ0n) is 22.6. The molecule has 200 valence electrons. The number of benzene rings is 3. The van der Waals surface area contributed by atoms with Crippen LogP contribution in [0.3, 0.4) is 0 Å². The van der Waals surface area contributed by atoms with E-state index in [0.29, 0.717) is 0 Å². The van der Waals surface area contributed by atoms with Gasteiger partial charge in [0.1, 0.15) is 0 Å². The van der Waals surface area contributed by atoms with Gasteiger partial charge in [-0.25, -0.2) is 0 Å². The van der Waals surface area contributed by atoms with Crippen molar-refractivity contribution < 1.29 is 18.3 Å². The number of ether oxygens (including phenoxy) is 1. The average molecular weight is 626 g/mol. The van der Waals surface area contributed by atoms with E-state index in [9.17, 15) is 0 Å². The summed E-state index contributed by atoms with van der Waals surface area (Å²) in [5, 5.41) is 0. The fraction of sp³-hybridized carbons (Fsp3) is 0.355. The molecule has 0 N–H and O–H groups in total. The Morgan fingerprint density at radius 3 is 1.81 bits per heavy atom. The van der Waals surface area contributed by atoms with Crippen LogP contribution in [0.15, 0.2) is 42.5 Å². The molecule has 0 aromatic heterocycles. The zero-order chi connectivity index (χ0) is 26.7. The maximum atomic E-state index is 5.85. The standard InChI is InChI=1S/C21H27N2.C10H10O.2ClH.Ru/c1-14-9-16(3)20(17(4)10-14)22-7-8-23(13-22)21-18(5)11-15(2)12-19(21)6;1-8-4-2-5-9-6-3-7-11-10(8)9;;;/h9-13H,7-8H2,1-6H3;1-2,4-5H,3,6-7H2;2*1H;/q-1;;;;+2/p-2. The molecule has 0 bridgehead atoms. The van der Waals surface area contributed by atoms with Crippen molar-refractivity contribution >= 4 is 35.4 Å². The summed E-state index contributed by atoms with van der Waals surface area (Å²) < 4.78 is 7.57. The van der Waals surface area contributed by atoms with Gasteiger partial charge in [-0.3, -0.25) is 0 Å². The van der Waals surface area contributed by atoms with Gasteiger partial charge in [0.05, 0.1) is 0 Å². The maximum absolute atomic E-state index is 5.85. The van der Waals surface area contributed by atoms with Crippen LogP contribution in [0, 0.1) is 48.2 Å². The van der Waals surface area contributed by atoms with Crippen molar-refractivity contribution in [3.05, 3.63) is 93.6 Å². The van der Waals surface area contributed by atoms with Gasteiger partial charge in [-0.2, -0.15) is 6.67 Å². The van der Waals surface area contributed by atoms with Crippen LogP contribution in [0.5, 0.6) is 5.75 Å². The van der Waals surface area contributed by atoms with Gasteiger partial charge < -0.3 is 9.80 Å². The first-order valence-electron chi connectivity index (χ1n) is 12.8. The van der Waals surface area contributed by atoms with Gasteiger partial charge in [0, 0.05) is 24.5 Å². The number of anilines is 2. The second-order valence-corrected chi connectivity index (χ2v) is 15.8. The van der Waals surface area contributed by atoms with E-state index in [-0.39, 0.29) is 0 Å². The van der Waals surface area contributed by atoms with E-state index in [1.54, 1.807) is 0 Å². The molecular formula is C31H37Cl2N2ORu-. The van der Waals surface area contributed by atoms with Gasteiger partial charge in [0.25, 0.3) is 0 Å². The quantitative estimate of drug-likeness (QED) is 0.216. The van der Waals surface area contributed by atoms with Gasteiger partial charge in [-0.15, -0.1) is 0 Å². The molecule has 2 heterocycles. The Morgan fingerprint density at radius 1 is 0.811 bits per heavy atom. The van der Waals surface area contributed by atoms with Crippen molar-refractivity contribution in [2.45, 2.75) is 54.4 Å². The van der Waals surface area contributed by atoms with Crippen LogP contribution in [0.4, 0.5) is 11.4 Å². The molecule has 2 aliphatic rings. The Bertz CT molecular complexity index is 1210. The molecule has 0 atom stereocenters. The van der Waals surface area contributed by atoms with Gasteiger partial charge in [-0.1, -0.05) is 35.4 Å². The molecule has 37 heavy (non-hydrogen) atoms. The first-order valence-corrected chi connectivity index (χ1v) is 18.2. The first kappa shape index (κ1) is 28.1. The molecule has 6 heteroatoms. The Labute approximate surface area is 235 Å². The molecule has 2 aliphatic heterocycles. The van der Waals surface area contributed by atoms with E-state index >= 15 is 0 Å². The van der Waals surface area contributed by atoms with Gasteiger partial charge in [0.2, 0.25) is 0 Å².